The van der Waals surface area contributed by atoms with E-state index in [2.05, 4.69) is 15.9 Å². The maximum atomic E-state index is 12.0. The van der Waals surface area contributed by atoms with Crippen LogP contribution in [0.5, 0.6) is 0 Å². The summed E-state index contributed by atoms with van der Waals surface area (Å²) in [4.78, 5) is 24.6. The molecule has 0 bridgehead atoms. The molecule has 0 radical (unpaired) electrons. The van der Waals surface area contributed by atoms with Crippen LogP contribution in [0.2, 0.25) is 0 Å². The van der Waals surface area contributed by atoms with E-state index < -0.39 is 11.9 Å². The second-order valence-corrected chi connectivity index (χ2v) is 5.82. The lowest BCUT2D eigenvalue weighted by Crippen LogP contribution is -2.30. The van der Waals surface area contributed by atoms with Gasteiger partial charge in [0, 0.05) is 23.5 Å². The third-order valence-electron chi connectivity index (χ3n) is 3.74. The number of hydrogen-bond acceptors (Lipinski definition) is 2. The van der Waals surface area contributed by atoms with Gasteiger partial charge in [-0.15, -0.1) is 0 Å². The van der Waals surface area contributed by atoms with Crippen molar-refractivity contribution in [3.8, 4) is 0 Å². The lowest BCUT2D eigenvalue weighted by atomic mass is 10.2. The monoisotopic (exact) mass is 309 g/mol. The highest BCUT2D eigenvalue weighted by atomic mass is 79.9. The molecule has 1 heterocycles. The Morgan fingerprint density at radius 1 is 1.50 bits per heavy atom. The first-order valence-corrected chi connectivity index (χ1v) is 6.63. The predicted octanol–water partition coefficient (Wildman–Crippen LogP) is 1.74. The van der Waals surface area contributed by atoms with Crippen molar-refractivity contribution in [1.29, 1.82) is 0 Å². The van der Waals surface area contributed by atoms with Crippen molar-refractivity contribution in [1.82, 2.24) is 4.90 Å². The Hall–Kier alpha value is -1.36. The number of nitrogens with zero attached hydrogens (tertiary/aromatic N) is 1. The molecule has 3 atom stereocenters. The summed E-state index contributed by atoms with van der Waals surface area (Å²) in [6.45, 7) is 1.14. The summed E-state index contributed by atoms with van der Waals surface area (Å²) in [7, 11) is 0. The summed E-state index contributed by atoms with van der Waals surface area (Å²) in [6, 6.07) is 7.82. The minimum atomic E-state index is -0.833. The van der Waals surface area contributed by atoms with Crippen molar-refractivity contribution in [3.05, 3.63) is 34.3 Å². The summed E-state index contributed by atoms with van der Waals surface area (Å²) in [6.07, 6.45) is 0. The third-order valence-corrected chi connectivity index (χ3v) is 4.24. The second kappa shape index (κ2) is 4.09. The fourth-order valence-electron chi connectivity index (χ4n) is 2.83. The van der Waals surface area contributed by atoms with Crippen LogP contribution in [0.3, 0.4) is 0 Å². The molecular formula is C13H12BrNO3. The normalized spacial score (nSPS) is 29.3. The Morgan fingerprint density at radius 2 is 2.28 bits per heavy atom. The molecule has 1 saturated carbocycles. The number of piperidine rings is 1. The molecule has 0 spiro atoms. The van der Waals surface area contributed by atoms with E-state index in [4.69, 9.17) is 5.11 Å². The van der Waals surface area contributed by atoms with Crippen LogP contribution in [0.1, 0.15) is 5.56 Å². The number of carboxylic acids is 1. The first-order valence-electron chi connectivity index (χ1n) is 5.84. The number of hydrogen-bond donors (Lipinski definition) is 1. The topological polar surface area (TPSA) is 57.6 Å². The van der Waals surface area contributed by atoms with E-state index in [1.54, 1.807) is 4.90 Å². The van der Waals surface area contributed by atoms with Gasteiger partial charge >= 0.3 is 5.97 Å². The van der Waals surface area contributed by atoms with Crippen LogP contribution in [0.15, 0.2) is 28.7 Å². The van der Waals surface area contributed by atoms with Gasteiger partial charge in [-0.05, 0) is 17.7 Å². The molecule has 1 N–H and O–H groups in total. The number of amides is 1. The van der Waals surface area contributed by atoms with Gasteiger partial charge in [0.05, 0.1) is 11.8 Å². The fourth-order valence-corrected chi connectivity index (χ4v) is 3.27. The molecule has 1 saturated heterocycles. The second-order valence-electron chi connectivity index (χ2n) is 4.90. The number of benzene rings is 1. The average molecular weight is 310 g/mol. The Kier molecular flexibility index (Phi) is 2.66. The predicted molar refractivity (Wildman–Crippen MR) is 67.7 cm³/mol. The molecule has 18 heavy (non-hydrogen) atoms. The number of carbonyl (C=O) groups is 2. The molecule has 94 valence electrons. The average Bonchev–Trinajstić information content (AvgIpc) is 2.93. The Labute approximate surface area is 113 Å². The minimum Gasteiger partial charge on any atom is -0.481 e. The van der Waals surface area contributed by atoms with Crippen LogP contribution in [-0.4, -0.2) is 28.4 Å². The minimum absolute atomic E-state index is 0.00706. The van der Waals surface area contributed by atoms with Gasteiger partial charge in [-0.2, -0.15) is 0 Å². The SMILES string of the molecule is O=C(O)C1C2CN(Cc3cccc(Br)c3)C(=O)C21. The van der Waals surface area contributed by atoms with Crippen LogP contribution < -0.4 is 0 Å². The van der Waals surface area contributed by atoms with E-state index >= 15 is 0 Å². The summed E-state index contributed by atoms with van der Waals surface area (Å²) in [5.74, 6) is -1.51. The highest BCUT2D eigenvalue weighted by Crippen LogP contribution is 2.52. The molecule has 4 nitrogen and oxygen atoms in total. The quantitative estimate of drug-likeness (QED) is 0.925. The van der Waals surface area contributed by atoms with Gasteiger partial charge < -0.3 is 10.0 Å². The van der Waals surface area contributed by atoms with Crippen molar-refractivity contribution < 1.29 is 14.7 Å². The zero-order chi connectivity index (χ0) is 12.9. The highest BCUT2D eigenvalue weighted by molar-refractivity contribution is 9.10. The zero-order valence-electron chi connectivity index (χ0n) is 9.54. The molecule has 3 rings (SSSR count). The number of carboxylic acid groups (broad SMARTS) is 1. The van der Waals surface area contributed by atoms with Crippen molar-refractivity contribution in [3.63, 3.8) is 0 Å². The van der Waals surface area contributed by atoms with Crippen molar-refractivity contribution in [2.45, 2.75) is 6.54 Å². The van der Waals surface area contributed by atoms with E-state index in [9.17, 15) is 9.59 Å². The summed E-state index contributed by atoms with van der Waals surface area (Å²) >= 11 is 3.39. The number of aliphatic carboxylic acids is 1. The van der Waals surface area contributed by atoms with Gasteiger partial charge in [0.1, 0.15) is 0 Å². The Bertz CT molecular complexity index is 531. The first-order chi connectivity index (χ1) is 8.58. The van der Waals surface area contributed by atoms with Crippen LogP contribution in [0, 0.1) is 17.8 Å². The van der Waals surface area contributed by atoms with Crippen molar-refractivity contribution in [2.24, 2.45) is 17.8 Å². The maximum absolute atomic E-state index is 12.0. The number of halogens is 1. The van der Waals surface area contributed by atoms with Gasteiger partial charge in [-0.25, -0.2) is 0 Å². The number of fused-ring (bicyclic) bond motifs is 1. The Morgan fingerprint density at radius 3 is 2.83 bits per heavy atom. The van der Waals surface area contributed by atoms with Gasteiger partial charge in [0.2, 0.25) is 5.91 Å². The summed E-state index contributed by atoms with van der Waals surface area (Å²) in [5.41, 5.74) is 1.06. The standard InChI is InChI=1S/C13H12BrNO3/c14-8-3-1-2-7(4-8)5-15-6-9-10(12(15)16)11(9)13(17)18/h1-4,9-11H,5-6H2,(H,17,18). The van der Waals surface area contributed by atoms with Crippen molar-refractivity contribution in [2.75, 3.05) is 6.54 Å². The van der Waals surface area contributed by atoms with E-state index in [1.165, 1.54) is 0 Å². The summed E-state index contributed by atoms with van der Waals surface area (Å²) in [5, 5.41) is 8.91. The number of likely N-dealkylation sites (tertiary alicyclic amines) is 1. The zero-order valence-corrected chi connectivity index (χ0v) is 11.1. The van der Waals surface area contributed by atoms with E-state index in [-0.39, 0.29) is 17.7 Å². The summed E-state index contributed by atoms with van der Waals surface area (Å²) < 4.78 is 0.986. The molecule has 1 aliphatic carbocycles. The van der Waals surface area contributed by atoms with Crippen molar-refractivity contribution >= 4 is 27.8 Å². The van der Waals surface area contributed by atoms with E-state index in [0.717, 1.165) is 10.0 Å². The molecule has 2 aliphatic rings. The van der Waals surface area contributed by atoms with Gasteiger partial charge in [0.25, 0.3) is 0 Å². The molecule has 3 unspecified atom stereocenters. The van der Waals surface area contributed by atoms with Crippen LogP contribution in [-0.2, 0) is 16.1 Å². The lowest BCUT2D eigenvalue weighted by molar-refractivity contribution is -0.143. The number of rotatable bonds is 3. The third kappa shape index (κ3) is 1.82. The lowest BCUT2D eigenvalue weighted by Gasteiger charge is -2.19. The Balaban J connectivity index is 1.68. The molecule has 1 aromatic carbocycles. The van der Waals surface area contributed by atoms with Gasteiger partial charge in [0.15, 0.2) is 0 Å². The van der Waals surface area contributed by atoms with Crippen LogP contribution >= 0.6 is 15.9 Å². The fraction of sp³-hybridized carbons (Fsp3) is 0.385. The van der Waals surface area contributed by atoms with Crippen LogP contribution in [0.4, 0.5) is 0 Å². The van der Waals surface area contributed by atoms with Crippen LogP contribution in [0.25, 0.3) is 0 Å². The van der Waals surface area contributed by atoms with Gasteiger partial charge in [-0.3, -0.25) is 9.59 Å². The molecule has 5 heteroatoms. The molecule has 0 aromatic heterocycles. The first kappa shape index (κ1) is 11.7. The number of carbonyl (C=O) groups excluding carboxylic acids is 1. The van der Waals surface area contributed by atoms with Gasteiger partial charge in [-0.1, -0.05) is 28.1 Å². The smallest absolute Gasteiger partial charge is 0.307 e. The maximum Gasteiger partial charge on any atom is 0.307 e. The molecule has 1 aromatic rings. The molecule has 1 amide bonds. The molecular weight excluding hydrogens is 298 g/mol. The largest absolute Gasteiger partial charge is 0.481 e. The van der Waals surface area contributed by atoms with E-state index in [1.807, 2.05) is 24.3 Å². The molecule has 1 aliphatic heterocycles. The molecule has 2 fully saturated rings. The van der Waals surface area contributed by atoms with E-state index in [0.29, 0.717) is 13.1 Å². The highest BCUT2D eigenvalue weighted by Gasteiger charge is 2.64.